The molecule has 1 saturated carbocycles. The maximum atomic E-state index is 11.5. The summed E-state index contributed by atoms with van der Waals surface area (Å²) in [6, 6.07) is -0.635. The summed E-state index contributed by atoms with van der Waals surface area (Å²) in [5.74, 6) is -0.593. The van der Waals surface area contributed by atoms with Crippen LogP contribution in [0.4, 0.5) is 4.79 Å². The molecule has 0 atom stereocenters. The molecule has 1 fully saturated rings. The standard InChI is InChI=1S/C13H22N2O4/c1-9(2)14-13(18)15-11(16)8-19-12(17)7-10-5-3-4-6-10/h9-10H,3-8H2,1-2H3,(H2,14,15,16,18). The van der Waals surface area contributed by atoms with Crippen molar-refractivity contribution in [3.8, 4) is 0 Å². The molecule has 0 aliphatic heterocycles. The summed E-state index contributed by atoms with van der Waals surface area (Å²) >= 11 is 0. The Morgan fingerprint density at radius 1 is 1.21 bits per heavy atom. The second-order valence-electron chi connectivity index (χ2n) is 5.19. The van der Waals surface area contributed by atoms with Gasteiger partial charge in [-0.25, -0.2) is 4.79 Å². The normalized spacial score (nSPS) is 15.3. The van der Waals surface area contributed by atoms with Gasteiger partial charge in [0.15, 0.2) is 6.61 Å². The zero-order valence-electron chi connectivity index (χ0n) is 11.5. The zero-order valence-corrected chi connectivity index (χ0v) is 11.5. The largest absolute Gasteiger partial charge is 0.456 e. The number of nitrogens with one attached hydrogen (secondary N) is 2. The van der Waals surface area contributed by atoms with Gasteiger partial charge in [-0.2, -0.15) is 0 Å². The second-order valence-corrected chi connectivity index (χ2v) is 5.19. The molecule has 0 heterocycles. The minimum atomic E-state index is -0.613. The molecule has 3 amide bonds. The van der Waals surface area contributed by atoms with Crippen LogP contribution in [-0.4, -0.2) is 30.6 Å². The summed E-state index contributed by atoms with van der Waals surface area (Å²) in [5.41, 5.74) is 0. The summed E-state index contributed by atoms with van der Waals surface area (Å²) in [7, 11) is 0. The quantitative estimate of drug-likeness (QED) is 0.738. The summed E-state index contributed by atoms with van der Waals surface area (Å²) in [4.78, 5) is 34.0. The maximum absolute atomic E-state index is 11.5. The lowest BCUT2D eigenvalue weighted by atomic mass is 10.1. The van der Waals surface area contributed by atoms with Gasteiger partial charge < -0.3 is 10.1 Å². The number of amides is 3. The smallest absolute Gasteiger partial charge is 0.321 e. The van der Waals surface area contributed by atoms with Crippen molar-refractivity contribution in [3.63, 3.8) is 0 Å². The van der Waals surface area contributed by atoms with Gasteiger partial charge in [0.2, 0.25) is 0 Å². The first-order valence-electron chi connectivity index (χ1n) is 6.73. The van der Waals surface area contributed by atoms with Crippen LogP contribution in [0.5, 0.6) is 0 Å². The first kappa shape index (κ1) is 15.5. The van der Waals surface area contributed by atoms with Crippen molar-refractivity contribution in [2.75, 3.05) is 6.61 Å². The van der Waals surface area contributed by atoms with Crippen molar-refractivity contribution in [1.82, 2.24) is 10.6 Å². The molecule has 0 bridgehead atoms. The molecule has 0 spiro atoms. The van der Waals surface area contributed by atoms with Crippen molar-refractivity contribution in [2.45, 2.75) is 52.0 Å². The van der Waals surface area contributed by atoms with Crippen LogP contribution in [0.15, 0.2) is 0 Å². The molecular weight excluding hydrogens is 248 g/mol. The average Bonchev–Trinajstić information content (AvgIpc) is 2.77. The summed E-state index contributed by atoms with van der Waals surface area (Å²) < 4.78 is 4.84. The number of carbonyl (C=O) groups excluding carboxylic acids is 3. The van der Waals surface area contributed by atoms with E-state index in [-0.39, 0.29) is 12.0 Å². The summed E-state index contributed by atoms with van der Waals surface area (Å²) in [5, 5.41) is 4.60. The summed E-state index contributed by atoms with van der Waals surface area (Å²) in [6.45, 7) is 3.16. The van der Waals surface area contributed by atoms with E-state index in [1.54, 1.807) is 13.8 Å². The van der Waals surface area contributed by atoms with E-state index >= 15 is 0 Å². The van der Waals surface area contributed by atoms with E-state index in [4.69, 9.17) is 4.74 Å². The van der Waals surface area contributed by atoms with Gasteiger partial charge in [0.1, 0.15) is 0 Å². The van der Waals surface area contributed by atoms with E-state index in [1.165, 1.54) is 0 Å². The van der Waals surface area contributed by atoms with Gasteiger partial charge in [-0.1, -0.05) is 12.8 Å². The molecule has 108 valence electrons. The van der Waals surface area contributed by atoms with Crippen molar-refractivity contribution in [3.05, 3.63) is 0 Å². The molecule has 6 nitrogen and oxygen atoms in total. The van der Waals surface area contributed by atoms with E-state index in [0.29, 0.717) is 12.3 Å². The minimum absolute atomic E-state index is 0.0577. The molecule has 19 heavy (non-hydrogen) atoms. The fourth-order valence-corrected chi connectivity index (χ4v) is 2.12. The zero-order chi connectivity index (χ0) is 14.3. The van der Waals surface area contributed by atoms with Crippen LogP contribution in [0.3, 0.4) is 0 Å². The average molecular weight is 270 g/mol. The van der Waals surface area contributed by atoms with Crippen LogP contribution in [0.25, 0.3) is 0 Å². The Bertz CT molecular complexity index is 336. The molecule has 0 aromatic rings. The van der Waals surface area contributed by atoms with Gasteiger partial charge in [0.05, 0.1) is 0 Å². The van der Waals surface area contributed by atoms with Gasteiger partial charge >= 0.3 is 12.0 Å². The van der Waals surface area contributed by atoms with E-state index in [1.807, 2.05) is 0 Å². The fourth-order valence-electron chi connectivity index (χ4n) is 2.12. The van der Waals surface area contributed by atoms with Crippen molar-refractivity contribution < 1.29 is 19.1 Å². The molecule has 2 N–H and O–H groups in total. The number of ether oxygens (including phenoxy) is 1. The van der Waals surface area contributed by atoms with Crippen LogP contribution >= 0.6 is 0 Å². The fraction of sp³-hybridized carbons (Fsp3) is 0.769. The Morgan fingerprint density at radius 2 is 1.84 bits per heavy atom. The predicted molar refractivity (Wildman–Crippen MR) is 69.3 cm³/mol. The Morgan fingerprint density at radius 3 is 2.42 bits per heavy atom. The van der Waals surface area contributed by atoms with Crippen molar-refractivity contribution in [1.29, 1.82) is 0 Å². The molecule has 1 rings (SSSR count). The third-order valence-corrected chi connectivity index (χ3v) is 2.97. The molecule has 0 unspecified atom stereocenters. The first-order chi connectivity index (χ1) is 8.97. The van der Waals surface area contributed by atoms with Gasteiger partial charge in [0.25, 0.3) is 5.91 Å². The third kappa shape index (κ3) is 6.79. The summed E-state index contributed by atoms with van der Waals surface area (Å²) in [6.07, 6.45) is 4.79. The third-order valence-electron chi connectivity index (χ3n) is 2.97. The van der Waals surface area contributed by atoms with E-state index in [2.05, 4.69) is 10.6 Å². The molecule has 1 aliphatic rings. The molecule has 6 heteroatoms. The Labute approximate surface area is 113 Å². The van der Waals surface area contributed by atoms with E-state index < -0.39 is 18.5 Å². The number of carbonyl (C=O) groups is 3. The highest BCUT2D eigenvalue weighted by Gasteiger charge is 2.20. The number of rotatable bonds is 5. The highest BCUT2D eigenvalue weighted by Crippen LogP contribution is 2.27. The molecule has 1 aliphatic carbocycles. The minimum Gasteiger partial charge on any atom is -0.456 e. The SMILES string of the molecule is CC(C)NC(=O)NC(=O)COC(=O)CC1CCCC1. The highest BCUT2D eigenvalue weighted by molar-refractivity contribution is 5.95. The first-order valence-corrected chi connectivity index (χ1v) is 6.73. The number of urea groups is 1. The monoisotopic (exact) mass is 270 g/mol. The van der Waals surface area contributed by atoms with Crippen LogP contribution in [0.1, 0.15) is 46.0 Å². The molecule has 0 aromatic carbocycles. The molecular formula is C13H22N2O4. The Hall–Kier alpha value is -1.59. The highest BCUT2D eigenvalue weighted by atomic mass is 16.5. The molecule has 0 saturated heterocycles. The maximum Gasteiger partial charge on any atom is 0.321 e. The van der Waals surface area contributed by atoms with Gasteiger partial charge in [0, 0.05) is 12.5 Å². The van der Waals surface area contributed by atoms with Gasteiger partial charge in [-0.3, -0.25) is 14.9 Å². The van der Waals surface area contributed by atoms with Crippen molar-refractivity contribution >= 4 is 17.9 Å². The van der Waals surface area contributed by atoms with Crippen LogP contribution in [-0.2, 0) is 14.3 Å². The number of hydrogen-bond donors (Lipinski definition) is 2. The Balaban J connectivity index is 2.14. The van der Waals surface area contributed by atoms with E-state index in [9.17, 15) is 14.4 Å². The lowest BCUT2D eigenvalue weighted by Crippen LogP contribution is -2.44. The topological polar surface area (TPSA) is 84.5 Å². The second kappa shape index (κ2) is 7.76. The molecule has 0 radical (unpaired) electrons. The van der Waals surface area contributed by atoms with Crippen LogP contribution in [0.2, 0.25) is 0 Å². The number of esters is 1. The Kier molecular flexibility index (Phi) is 6.32. The van der Waals surface area contributed by atoms with E-state index in [0.717, 1.165) is 25.7 Å². The van der Waals surface area contributed by atoms with Crippen LogP contribution < -0.4 is 10.6 Å². The lowest BCUT2D eigenvalue weighted by Gasteiger charge is -2.10. The van der Waals surface area contributed by atoms with Crippen LogP contribution in [0, 0.1) is 5.92 Å². The lowest BCUT2D eigenvalue weighted by molar-refractivity contribution is -0.149. The predicted octanol–water partition coefficient (Wildman–Crippen LogP) is 1.34. The van der Waals surface area contributed by atoms with Gasteiger partial charge in [-0.15, -0.1) is 0 Å². The number of hydrogen-bond acceptors (Lipinski definition) is 4. The number of imide groups is 1. The molecule has 0 aromatic heterocycles. The van der Waals surface area contributed by atoms with Gasteiger partial charge in [-0.05, 0) is 32.6 Å². The van der Waals surface area contributed by atoms with Crippen molar-refractivity contribution in [2.24, 2.45) is 5.92 Å².